The van der Waals surface area contributed by atoms with E-state index in [1.165, 1.54) is 0 Å². The van der Waals surface area contributed by atoms with Crippen LogP contribution in [0.25, 0.3) is 0 Å². The molecule has 0 radical (unpaired) electrons. The van der Waals surface area contributed by atoms with Crippen LogP contribution >= 0.6 is 0 Å². The largest absolute Gasteiger partial charge is 0.300 e. The summed E-state index contributed by atoms with van der Waals surface area (Å²) in [6.07, 6.45) is 1.07. The first-order valence-corrected chi connectivity index (χ1v) is 6.69. The fourth-order valence-corrected chi connectivity index (χ4v) is 4.79. The van der Waals surface area contributed by atoms with Crippen LogP contribution in [0.2, 0.25) is 0 Å². The Bertz CT molecular complexity index is 296. The highest BCUT2D eigenvalue weighted by Gasteiger charge is 2.52. The number of hydrogen-bond donors (Lipinski definition) is 0. The second-order valence-corrected chi connectivity index (χ2v) is 6.91. The van der Waals surface area contributed by atoms with Gasteiger partial charge in [-0.3, -0.25) is 0 Å². The molecule has 2 rings (SSSR count). The summed E-state index contributed by atoms with van der Waals surface area (Å²) in [5.41, 5.74) is 0.142. The molecule has 4 heteroatoms. The van der Waals surface area contributed by atoms with Crippen LogP contribution in [0.5, 0.6) is 0 Å². The Morgan fingerprint density at radius 2 is 1.92 bits per heavy atom. The van der Waals surface area contributed by atoms with E-state index in [0.717, 1.165) is 19.5 Å². The second-order valence-electron chi connectivity index (χ2n) is 4.85. The number of hydrogen-bond acceptors (Lipinski definition) is 3. The van der Waals surface area contributed by atoms with Gasteiger partial charge in [-0.25, -0.2) is 8.42 Å². The average Bonchev–Trinajstić information content (AvgIpc) is 2.29. The van der Waals surface area contributed by atoms with Crippen molar-refractivity contribution in [3.05, 3.63) is 0 Å². The molecule has 2 heterocycles. The molecule has 0 aromatic rings. The molecule has 2 saturated heterocycles. The summed E-state index contributed by atoms with van der Waals surface area (Å²) in [5, 5.41) is 0. The maximum atomic E-state index is 11.1. The summed E-state index contributed by atoms with van der Waals surface area (Å²) in [4.78, 5) is 2.38. The van der Waals surface area contributed by atoms with E-state index in [1.807, 2.05) is 0 Å². The third-order valence-corrected chi connectivity index (χ3v) is 5.35. The topological polar surface area (TPSA) is 37.4 Å². The van der Waals surface area contributed by atoms with Gasteiger partial charge in [0.1, 0.15) is 0 Å². The standard InChI is InChI=1S/C9H17NO2S/c1-8(2)10-4-3-9(5-10)6-13(11,12)7-9/h8H,3-7H2,1-2H3. The summed E-state index contributed by atoms with van der Waals surface area (Å²) in [6, 6.07) is 0.558. The zero-order valence-corrected chi connectivity index (χ0v) is 9.10. The second kappa shape index (κ2) is 2.70. The van der Waals surface area contributed by atoms with Gasteiger partial charge in [-0.15, -0.1) is 0 Å². The first-order valence-electron chi connectivity index (χ1n) is 4.87. The van der Waals surface area contributed by atoms with Crippen LogP contribution in [0.15, 0.2) is 0 Å². The lowest BCUT2D eigenvalue weighted by molar-refractivity contribution is 0.237. The van der Waals surface area contributed by atoms with Crippen molar-refractivity contribution < 1.29 is 8.42 Å². The molecule has 0 aliphatic carbocycles. The Labute approximate surface area is 80.0 Å². The highest BCUT2D eigenvalue weighted by Crippen LogP contribution is 2.41. The maximum Gasteiger partial charge on any atom is 0.151 e. The Morgan fingerprint density at radius 1 is 1.31 bits per heavy atom. The fourth-order valence-electron chi connectivity index (χ4n) is 2.54. The van der Waals surface area contributed by atoms with E-state index >= 15 is 0 Å². The predicted molar refractivity (Wildman–Crippen MR) is 52.4 cm³/mol. The molecule has 0 saturated carbocycles. The van der Waals surface area contributed by atoms with Crippen LogP contribution < -0.4 is 0 Å². The lowest BCUT2D eigenvalue weighted by Crippen LogP contribution is -2.50. The Hall–Kier alpha value is -0.0900. The van der Waals surface area contributed by atoms with Gasteiger partial charge in [-0.2, -0.15) is 0 Å². The lowest BCUT2D eigenvalue weighted by atomic mass is 9.91. The van der Waals surface area contributed by atoms with Gasteiger partial charge in [0.05, 0.1) is 11.5 Å². The Morgan fingerprint density at radius 3 is 2.31 bits per heavy atom. The van der Waals surface area contributed by atoms with E-state index < -0.39 is 9.84 Å². The smallest absolute Gasteiger partial charge is 0.151 e. The molecule has 13 heavy (non-hydrogen) atoms. The molecule has 2 aliphatic heterocycles. The van der Waals surface area contributed by atoms with Gasteiger partial charge in [0, 0.05) is 18.0 Å². The normalized spacial score (nSPS) is 31.0. The van der Waals surface area contributed by atoms with E-state index in [9.17, 15) is 8.42 Å². The average molecular weight is 203 g/mol. The molecule has 0 bridgehead atoms. The molecule has 1 spiro atoms. The fraction of sp³-hybridized carbons (Fsp3) is 1.00. The van der Waals surface area contributed by atoms with E-state index in [1.54, 1.807) is 0 Å². The first kappa shape index (κ1) is 9.46. The minimum absolute atomic E-state index is 0.142. The third kappa shape index (κ3) is 1.62. The molecule has 3 nitrogen and oxygen atoms in total. The minimum Gasteiger partial charge on any atom is -0.300 e. The third-order valence-electron chi connectivity index (χ3n) is 3.25. The van der Waals surface area contributed by atoms with E-state index in [0.29, 0.717) is 17.5 Å². The first-order chi connectivity index (χ1) is 5.93. The zero-order valence-electron chi connectivity index (χ0n) is 8.28. The Kier molecular flexibility index (Phi) is 1.97. The highest BCUT2D eigenvalue weighted by atomic mass is 32.2. The van der Waals surface area contributed by atoms with Crippen molar-refractivity contribution in [2.24, 2.45) is 5.41 Å². The van der Waals surface area contributed by atoms with Crippen molar-refractivity contribution in [1.82, 2.24) is 4.90 Å². The van der Waals surface area contributed by atoms with Gasteiger partial charge in [-0.05, 0) is 26.8 Å². The quantitative estimate of drug-likeness (QED) is 0.623. The molecule has 0 aromatic heterocycles. The maximum absolute atomic E-state index is 11.1. The van der Waals surface area contributed by atoms with Gasteiger partial charge in [0.15, 0.2) is 9.84 Å². The van der Waals surface area contributed by atoms with Gasteiger partial charge >= 0.3 is 0 Å². The summed E-state index contributed by atoms with van der Waals surface area (Å²) < 4.78 is 22.2. The molecular weight excluding hydrogens is 186 g/mol. The SMILES string of the molecule is CC(C)N1CCC2(C1)CS(=O)(=O)C2. The van der Waals surface area contributed by atoms with Crippen LogP contribution in [0.3, 0.4) is 0 Å². The van der Waals surface area contributed by atoms with Crippen molar-refractivity contribution in [1.29, 1.82) is 0 Å². The van der Waals surface area contributed by atoms with Crippen molar-refractivity contribution in [2.75, 3.05) is 24.6 Å². The van der Waals surface area contributed by atoms with Gasteiger partial charge in [0.25, 0.3) is 0 Å². The van der Waals surface area contributed by atoms with Crippen LogP contribution in [0.4, 0.5) is 0 Å². The van der Waals surface area contributed by atoms with Crippen LogP contribution in [-0.2, 0) is 9.84 Å². The van der Waals surface area contributed by atoms with Crippen molar-refractivity contribution >= 4 is 9.84 Å². The number of nitrogens with zero attached hydrogens (tertiary/aromatic N) is 1. The van der Waals surface area contributed by atoms with Crippen LogP contribution in [0, 0.1) is 5.41 Å². The van der Waals surface area contributed by atoms with Crippen molar-refractivity contribution in [3.8, 4) is 0 Å². The lowest BCUT2D eigenvalue weighted by Gasteiger charge is -2.37. The molecule has 0 unspecified atom stereocenters. The summed E-state index contributed by atoms with van der Waals surface area (Å²) in [7, 11) is -2.65. The van der Waals surface area contributed by atoms with Gasteiger partial charge in [-0.1, -0.05) is 0 Å². The summed E-state index contributed by atoms with van der Waals surface area (Å²) in [5.74, 6) is 0.867. The molecule has 0 atom stereocenters. The van der Waals surface area contributed by atoms with Gasteiger partial charge in [0.2, 0.25) is 0 Å². The highest BCUT2D eigenvalue weighted by molar-refractivity contribution is 7.92. The van der Waals surface area contributed by atoms with Crippen LogP contribution in [0.1, 0.15) is 20.3 Å². The van der Waals surface area contributed by atoms with Crippen molar-refractivity contribution in [2.45, 2.75) is 26.3 Å². The number of rotatable bonds is 1. The summed E-state index contributed by atoms with van der Waals surface area (Å²) in [6.45, 7) is 6.41. The zero-order chi connectivity index (χ0) is 9.69. The Balaban J connectivity index is 2.00. The molecule has 2 fully saturated rings. The van der Waals surface area contributed by atoms with Crippen molar-refractivity contribution in [3.63, 3.8) is 0 Å². The summed E-state index contributed by atoms with van der Waals surface area (Å²) >= 11 is 0. The molecule has 0 N–H and O–H groups in total. The predicted octanol–water partition coefficient (Wildman–Crippen LogP) is 0.515. The van der Waals surface area contributed by atoms with E-state index in [4.69, 9.17) is 0 Å². The molecule has 0 aromatic carbocycles. The van der Waals surface area contributed by atoms with Gasteiger partial charge < -0.3 is 4.90 Å². The molecule has 0 amide bonds. The minimum atomic E-state index is -2.65. The molecular formula is C9H17NO2S. The number of likely N-dealkylation sites (tertiary alicyclic amines) is 1. The van der Waals surface area contributed by atoms with Crippen LogP contribution in [-0.4, -0.2) is 44.0 Å². The molecule has 76 valence electrons. The van der Waals surface area contributed by atoms with E-state index in [2.05, 4.69) is 18.7 Å². The number of sulfone groups is 1. The monoisotopic (exact) mass is 203 g/mol. The molecule has 2 aliphatic rings. The van der Waals surface area contributed by atoms with E-state index in [-0.39, 0.29) is 5.41 Å².